The molecule has 5 nitrogen and oxygen atoms in total. The molecule has 140 valence electrons. The minimum atomic E-state index is -3.71. The molecule has 0 radical (unpaired) electrons. The van der Waals surface area contributed by atoms with Crippen molar-refractivity contribution < 1.29 is 13.2 Å². The standard InChI is InChI=1S/C19H24N2O3S2/c1-13(14-8-10-16(11-9-14)26(20,23)24)21(2)19(22)18-12-15-6-4-3-5-7-17(15)25-18/h8-13H,3-7H2,1-2H3,(H2,20,23,24)/t13-/m0/s1. The van der Waals surface area contributed by atoms with Crippen LogP contribution in [-0.4, -0.2) is 26.3 Å². The van der Waals surface area contributed by atoms with Gasteiger partial charge >= 0.3 is 0 Å². The molecule has 0 saturated heterocycles. The molecular weight excluding hydrogens is 368 g/mol. The van der Waals surface area contributed by atoms with Gasteiger partial charge in [0.2, 0.25) is 10.0 Å². The summed E-state index contributed by atoms with van der Waals surface area (Å²) in [7, 11) is -1.93. The number of carbonyl (C=O) groups excluding carboxylic acids is 1. The van der Waals surface area contributed by atoms with Crippen molar-refractivity contribution in [3.63, 3.8) is 0 Å². The van der Waals surface area contributed by atoms with Crippen LogP contribution in [0.15, 0.2) is 35.2 Å². The monoisotopic (exact) mass is 392 g/mol. The predicted molar refractivity (Wildman–Crippen MR) is 104 cm³/mol. The van der Waals surface area contributed by atoms with E-state index in [9.17, 15) is 13.2 Å². The third-order valence-corrected chi connectivity index (χ3v) is 7.20. The van der Waals surface area contributed by atoms with Crippen LogP contribution in [0.3, 0.4) is 0 Å². The Morgan fingerprint density at radius 1 is 1.15 bits per heavy atom. The smallest absolute Gasteiger partial charge is 0.264 e. The van der Waals surface area contributed by atoms with Crippen LogP contribution >= 0.6 is 11.3 Å². The highest BCUT2D eigenvalue weighted by molar-refractivity contribution is 7.89. The maximum absolute atomic E-state index is 12.9. The van der Waals surface area contributed by atoms with Gasteiger partial charge in [-0.05, 0) is 61.9 Å². The van der Waals surface area contributed by atoms with Crippen LogP contribution in [0.5, 0.6) is 0 Å². The van der Waals surface area contributed by atoms with Crippen molar-refractivity contribution in [1.82, 2.24) is 4.90 Å². The van der Waals surface area contributed by atoms with E-state index < -0.39 is 10.0 Å². The number of thiophene rings is 1. The fourth-order valence-electron chi connectivity index (χ4n) is 3.28. The lowest BCUT2D eigenvalue weighted by Crippen LogP contribution is -2.29. The minimum absolute atomic E-state index is 0.00564. The van der Waals surface area contributed by atoms with E-state index in [2.05, 4.69) is 6.07 Å². The van der Waals surface area contributed by atoms with Crippen molar-refractivity contribution in [2.45, 2.75) is 50.0 Å². The minimum Gasteiger partial charge on any atom is -0.334 e. The molecular formula is C19H24N2O3S2. The van der Waals surface area contributed by atoms with Crippen LogP contribution in [0, 0.1) is 0 Å². The zero-order chi connectivity index (χ0) is 18.9. The van der Waals surface area contributed by atoms with E-state index in [-0.39, 0.29) is 16.8 Å². The van der Waals surface area contributed by atoms with E-state index in [0.717, 1.165) is 23.3 Å². The molecule has 0 unspecified atom stereocenters. The molecule has 1 heterocycles. The first-order valence-electron chi connectivity index (χ1n) is 8.79. The summed E-state index contributed by atoms with van der Waals surface area (Å²) in [5.41, 5.74) is 2.20. The second-order valence-electron chi connectivity index (χ2n) is 6.83. The zero-order valence-corrected chi connectivity index (χ0v) is 16.7. The second-order valence-corrected chi connectivity index (χ2v) is 9.52. The number of hydrogen-bond acceptors (Lipinski definition) is 4. The Labute approximate surface area is 158 Å². The van der Waals surface area contributed by atoms with Crippen molar-refractivity contribution >= 4 is 27.3 Å². The summed E-state index contributed by atoms with van der Waals surface area (Å²) in [6, 6.07) is 8.26. The second kappa shape index (κ2) is 7.50. The number of nitrogens with zero attached hydrogens (tertiary/aromatic N) is 1. The van der Waals surface area contributed by atoms with Crippen molar-refractivity contribution in [3.05, 3.63) is 51.2 Å². The van der Waals surface area contributed by atoms with Gasteiger partial charge in [-0.3, -0.25) is 4.79 Å². The molecule has 0 bridgehead atoms. The lowest BCUT2D eigenvalue weighted by Gasteiger charge is -2.25. The molecule has 1 aliphatic carbocycles. The quantitative estimate of drug-likeness (QED) is 0.809. The number of fused-ring (bicyclic) bond motifs is 1. The van der Waals surface area contributed by atoms with Gasteiger partial charge in [0.25, 0.3) is 5.91 Å². The van der Waals surface area contributed by atoms with E-state index in [4.69, 9.17) is 5.14 Å². The lowest BCUT2D eigenvalue weighted by molar-refractivity contribution is 0.0747. The molecule has 2 N–H and O–H groups in total. The largest absolute Gasteiger partial charge is 0.334 e. The van der Waals surface area contributed by atoms with E-state index in [1.807, 2.05) is 6.92 Å². The number of sulfonamides is 1. The SMILES string of the molecule is C[C@@H](c1ccc(S(N)(=O)=O)cc1)N(C)C(=O)c1cc2c(s1)CCCCC2. The van der Waals surface area contributed by atoms with Gasteiger partial charge in [-0.2, -0.15) is 0 Å². The van der Waals surface area contributed by atoms with Gasteiger partial charge in [-0.15, -0.1) is 11.3 Å². The maximum atomic E-state index is 12.9. The number of primary sulfonamides is 1. The highest BCUT2D eigenvalue weighted by atomic mass is 32.2. The van der Waals surface area contributed by atoms with Gasteiger partial charge in [0, 0.05) is 11.9 Å². The maximum Gasteiger partial charge on any atom is 0.264 e. The normalized spacial score (nSPS) is 15.8. The van der Waals surface area contributed by atoms with Crippen molar-refractivity contribution in [3.8, 4) is 0 Å². The number of hydrogen-bond donors (Lipinski definition) is 1. The van der Waals surface area contributed by atoms with Gasteiger partial charge in [0.1, 0.15) is 0 Å². The highest BCUT2D eigenvalue weighted by Gasteiger charge is 2.23. The summed E-state index contributed by atoms with van der Waals surface area (Å²) in [6.07, 6.45) is 5.79. The molecule has 26 heavy (non-hydrogen) atoms. The number of nitrogens with two attached hydrogens (primary N) is 1. The summed E-state index contributed by atoms with van der Waals surface area (Å²) < 4.78 is 22.8. The number of carbonyl (C=O) groups is 1. The summed E-state index contributed by atoms with van der Waals surface area (Å²) in [5, 5.41) is 5.14. The fourth-order valence-corrected chi connectivity index (χ4v) is 5.03. The highest BCUT2D eigenvalue weighted by Crippen LogP contribution is 2.31. The van der Waals surface area contributed by atoms with Crippen molar-refractivity contribution in [2.24, 2.45) is 5.14 Å². The van der Waals surface area contributed by atoms with Crippen LogP contribution in [0.25, 0.3) is 0 Å². The molecule has 0 fully saturated rings. The molecule has 1 aromatic carbocycles. The van der Waals surface area contributed by atoms with Gasteiger partial charge in [-0.1, -0.05) is 18.6 Å². The Bertz CT molecular complexity index is 878. The van der Waals surface area contributed by atoms with Gasteiger partial charge < -0.3 is 4.90 Å². The topological polar surface area (TPSA) is 80.5 Å². The van der Waals surface area contributed by atoms with E-state index in [0.29, 0.717) is 0 Å². The average Bonchev–Trinajstić information content (AvgIpc) is 2.90. The Hall–Kier alpha value is -1.70. The molecule has 1 amide bonds. The molecule has 0 saturated carbocycles. The molecule has 2 aromatic rings. The Morgan fingerprint density at radius 3 is 2.46 bits per heavy atom. The average molecular weight is 393 g/mol. The number of rotatable bonds is 4. The third-order valence-electron chi connectivity index (χ3n) is 5.05. The van der Waals surface area contributed by atoms with E-state index in [1.165, 1.54) is 41.8 Å². The molecule has 0 spiro atoms. The van der Waals surface area contributed by atoms with Crippen LogP contribution in [0.2, 0.25) is 0 Å². The molecule has 1 aromatic heterocycles. The van der Waals surface area contributed by atoms with Gasteiger partial charge in [0.15, 0.2) is 0 Å². The molecule has 1 atom stereocenters. The summed E-state index contributed by atoms with van der Waals surface area (Å²) >= 11 is 1.62. The molecule has 3 rings (SSSR count). The van der Waals surface area contributed by atoms with Crippen LogP contribution in [0.1, 0.15) is 57.9 Å². The number of amides is 1. The molecule has 7 heteroatoms. The first-order valence-corrected chi connectivity index (χ1v) is 11.1. The van der Waals surface area contributed by atoms with Crippen LogP contribution < -0.4 is 5.14 Å². The Balaban J connectivity index is 1.77. The van der Waals surface area contributed by atoms with E-state index in [1.54, 1.807) is 35.4 Å². The van der Waals surface area contributed by atoms with Gasteiger partial charge in [0.05, 0.1) is 15.8 Å². The van der Waals surface area contributed by atoms with E-state index >= 15 is 0 Å². The third kappa shape index (κ3) is 4.00. The van der Waals surface area contributed by atoms with Crippen molar-refractivity contribution in [1.29, 1.82) is 0 Å². The van der Waals surface area contributed by atoms with Crippen LogP contribution in [0.4, 0.5) is 0 Å². The lowest BCUT2D eigenvalue weighted by atomic mass is 10.1. The van der Waals surface area contributed by atoms with Crippen molar-refractivity contribution in [2.75, 3.05) is 7.05 Å². The molecule has 1 aliphatic rings. The summed E-state index contributed by atoms with van der Waals surface area (Å²) in [5.74, 6) is 0.00564. The zero-order valence-electron chi connectivity index (χ0n) is 15.1. The first kappa shape index (κ1) is 19.1. The van der Waals surface area contributed by atoms with Crippen LogP contribution in [-0.2, 0) is 22.9 Å². The van der Waals surface area contributed by atoms with Gasteiger partial charge in [-0.25, -0.2) is 13.6 Å². The Kier molecular flexibility index (Phi) is 5.50. The molecule has 0 aliphatic heterocycles. The summed E-state index contributed by atoms with van der Waals surface area (Å²) in [6.45, 7) is 1.93. The number of benzene rings is 1. The predicted octanol–water partition coefficient (Wildman–Crippen LogP) is 3.50. The fraction of sp³-hybridized carbons (Fsp3) is 0.421. The number of aryl methyl sites for hydroxylation is 2. The first-order chi connectivity index (χ1) is 12.3. The summed E-state index contributed by atoms with van der Waals surface area (Å²) in [4.78, 5) is 16.8. The Morgan fingerprint density at radius 2 is 1.81 bits per heavy atom.